The van der Waals surface area contributed by atoms with Crippen molar-refractivity contribution in [1.29, 1.82) is 0 Å². The predicted molar refractivity (Wildman–Crippen MR) is 64.0 cm³/mol. The van der Waals surface area contributed by atoms with E-state index in [9.17, 15) is 4.79 Å². The van der Waals surface area contributed by atoms with Crippen LogP contribution < -0.4 is 11.1 Å². The molecule has 0 saturated carbocycles. The Morgan fingerprint density at radius 1 is 1.44 bits per heavy atom. The molecule has 0 fully saturated rings. The molecule has 1 unspecified atom stereocenters. The van der Waals surface area contributed by atoms with Crippen molar-refractivity contribution in [3.63, 3.8) is 0 Å². The Balaban J connectivity index is 2.53. The van der Waals surface area contributed by atoms with Gasteiger partial charge in [-0.25, -0.2) is 0 Å². The molecule has 0 aliphatic heterocycles. The van der Waals surface area contributed by atoms with Crippen molar-refractivity contribution in [3.05, 3.63) is 29.8 Å². The minimum absolute atomic E-state index is 0.0294. The first-order chi connectivity index (χ1) is 7.65. The monoisotopic (exact) mass is 222 g/mol. The maximum Gasteiger partial charge on any atom is 0.227 e. The van der Waals surface area contributed by atoms with Crippen LogP contribution in [0.4, 0.5) is 5.69 Å². The number of nitrogens with one attached hydrogen (secondary N) is 1. The van der Waals surface area contributed by atoms with Crippen molar-refractivity contribution in [2.75, 3.05) is 18.9 Å². The highest BCUT2D eigenvalue weighted by Gasteiger charge is 2.13. The van der Waals surface area contributed by atoms with E-state index < -0.39 is 0 Å². The third-order valence-electron chi connectivity index (χ3n) is 2.46. The highest BCUT2D eigenvalue weighted by atomic mass is 16.3. The smallest absolute Gasteiger partial charge is 0.227 e. The summed E-state index contributed by atoms with van der Waals surface area (Å²) in [7, 11) is 0. The first kappa shape index (κ1) is 12.5. The lowest BCUT2D eigenvalue weighted by Crippen LogP contribution is -2.29. The number of aliphatic hydroxyl groups excluding tert-OH is 1. The topological polar surface area (TPSA) is 75.3 Å². The number of nitrogens with two attached hydrogens (primary N) is 1. The molecule has 0 aliphatic rings. The molecule has 0 radical (unpaired) electrons. The fourth-order valence-electron chi connectivity index (χ4n) is 1.38. The van der Waals surface area contributed by atoms with Crippen LogP contribution in [0, 0.1) is 0 Å². The summed E-state index contributed by atoms with van der Waals surface area (Å²) in [6.07, 6.45) is 0.584. The number of aliphatic hydroxyl groups is 1. The van der Waals surface area contributed by atoms with E-state index in [0.717, 1.165) is 5.56 Å². The van der Waals surface area contributed by atoms with Crippen molar-refractivity contribution >= 4 is 11.6 Å². The number of carbonyl (C=O) groups excluding carboxylic acids is 1. The van der Waals surface area contributed by atoms with Gasteiger partial charge in [-0.2, -0.15) is 0 Å². The van der Waals surface area contributed by atoms with Gasteiger partial charge in [-0.05, 0) is 31.0 Å². The maximum atomic E-state index is 11.7. The molecular weight excluding hydrogens is 204 g/mol. The molecular formula is C12H18N2O2. The number of rotatable bonds is 5. The van der Waals surface area contributed by atoms with Crippen LogP contribution in [0.15, 0.2) is 24.3 Å². The number of benzene rings is 1. The van der Waals surface area contributed by atoms with E-state index in [1.165, 1.54) is 0 Å². The quantitative estimate of drug-likeness (QED) is 0.511. The van der Waals surface area contributed by atoms with Crippen molar-refractivity contribution in [2.45, 2.75) is 19.3 Å². The van der Waals surface area contributed by atoms with Gasteiger partial charge in [-0.15, -0.1) is 0 Å². The Labute approximate surface area is 95.5 Å². The number of anilines is 1. The van der Waals surface area contributed by atoms with E-state index in [2.05, 4.69) is 5.32 Å². The van der Waals surface area contributed by atoms with Crippen molar-refractivity contribution < 1.29 is 9.90 Å². The molecule has 1 atom stereocenters. The number of amides is 1. The molecule has 0 bridgehead atoms. The summed E-state index contributed by atoms with van der Waals surface area (Å²) in [6, 6.07) is 7.27. The highest BCUT2D eigenvalue weighted by molar-refractivity contribution is 5.83. The molecule has 4 heteroatoms. The summed E-state index contributed by atoms with van der Waals surface area (Å²) in [4.78, 5) is 11.7. The van der Waals surface area contributed by atoms with Crippen molar-refractivity contribution in [3.8, 4) is 0 Å². The first-order valence-electron chi connectivity index (χ1n) is 5.39. The second-order valence-electron chi connectivity index (χ2n) is 3.76. The summed E-state index contributed by atoms with van der Waals surface area (Å²) in [6.45, 7) is 2.45. The minimum Gasteiger partial charge on any atom is -0.399 e. The van der Waals surface area contributed by atoms with E-state index in [0.29, 0.717) is 18.7 Å². The lowest BCUT2D eigenvalue weighted by atomic mass is 10.00. The predicted octanol–water partition coefficient (Wildman–Crippen LogP) is 0.871. The number of carbonyl (C=O) groups is 1. The van der Waals surface area contributed by atoms with Gasteiger partial charge in [-0.3, -0.25) is 4.79 Å². The van der Waals surface area contributed by atoms with Crippen LogP contribution in [0.5, 0.6) is 0 Å². The minimum atomic E-state index is -0.195. The number of hydrogen-bond donors (Lipinski definition) is 3. The van der Waals surface area contributed by atoms with Gasteiger partial charge in [0, 0.05) is 18.8 Å². The molecule has 88 valence electrons. The van der Waals surface area contributed by atoms with Crippen LogP contribution >= 0.6 is 0 Å². The molecule has 4 N–H and O–H groups in total. The Hall–Kier alpha value is -1.55. The summed E-state index contributed by atoms with van der Waals surface area (Å²) in [5.74, 6) is -0.225. The van der Waals surface area contributed by atoms with Gasteiger partial charge >= 0.3 is 0 Å². The molecule has 0 aliphatic carbocycles. The van der Waals surface area contributed by atoms with Crippen LogP contribution in [0.2, 0.25) is 0 Å². The van der Waals surface area contributed by atoms with Gasteiger partial charge in [0.05, 0.1) is 5.92 Å². The fraction of sp³-hybridized carbons (Fsp3) is 0.417. The van der Waals surface area contributed by atoms with E-state index in [-0.39, 0.29) is 18.4 Å². The second kappa shape index (κ2) is 6.12. The Morgan fingerprint density at radius 2 is 2.06 bits per heavy atom. The molecule has 4 nitrogen and oxygen atoms in total. The third kappa shape index (κ3) is 3.55. The van der Waals surface area contributed by atoms with Gasteiger partial charge in [0.25, 0.3) is 0 Å². The van der Waals surface area contributed by atoms with Crippen LogP contribution in [0.1, 0.15) is 24.8 Å². The maximum absolute atomic E-state index is 11.7. The second-order valence-corrected chi connectivity index (χ2v) is 3.76. The molecule has 0 saturated heterocycles. The molecule has 16 heavy (non-hydrogen) atoms. The zero-order valence-electron chi connectivity index (χ0n) is 9.44. The molecule has 1 aromatic rings. The zero-order chi connectivity index (χ0) is 12.0. The van der Waals surface area contributed by atoms with Crippen molar-refractivity contribution in [1.82, 2.24) is 5.32 Å². The van der Waals surface area contributed by atoms with Gasteiger partial charge < -0.3 is 16.2 Å². The van der Waals surface area contributed by atoms with Gasteiger partial charge in [0.1, 0.15) is 0 Å². The fourth-order valence-corrected chi connectivity index (χ4v) is 1.38. The largest absolute Gasteiger partial charge is 0.399 e. The van der Waals surface area contributed by atoms with Gasteiger partial charge in [0.2, 0.25) is 5.91 Å². The number of nitrogen functional groups attached to an aromatic ring is 1. The number of hydrogen-bond acceptors (Lipinski definition) is 3. The highest BCUT2D eigenvalue weighted by Crippen LogP contribution is 2.16. The molecule has 1 rings (SSSR count). The Kier molecular flexibility index (Phi) is 4.79. The average Bonchev–Trinajstić information content (AvgIpc) is 2.29. The Bertz CT molecular complexity index is 335. The normalized spacial score (nSPS) is 12.1. The lowest BCUT2D eigenvalue weighted by molar-refractivity contribution is -0.122. The summed E-state index contributed by atoms with van der Waals surface area (Å²) in [5, 5.41) is 11.4. The standard InChI is InChI=1S/C12H18N2O2/c1-9(12(16)14-7-2-8-15)10-3-5-11(13)6-4-10/h3-6,9,15H,2,7-8,13H2,1H3,(H,14,16). The SMILES string of the molecule is CC(C(=O)NCCCO)c1ccc(N)cc1. The molecule has 1 amide bonds. The molecule has 1 aromatic carbocycles. The zero-order valence-corrected chi connectivity index (χ0v) is 9.44. The Morgan fingerprint density at radius 3 is 2.62 bits per heavy atom. The van der Waals surface area contributed by atoms with Crippen LogP contribution in [0.3, 0.4) is 0 Å². The third-order valence-corrected chi connectivity index (χ3v) is 2.46. The molecule has 0 spiro atoms. The lowest BCUT2D eigenvalue weighted by Gasteiger charge is -2.12. The van der Waals surface area contributed by atoms with Gasteiger partial charge in [0.15, 0.2) is 0 Å². The van der Waals surface area contributed by atoms with Crippen LogP contribution in [0.25, 0.3) is 0 Å². The summed E-state index contributed by atoms with van der Waals surface area (Å²) in [5.41, 5.74) is 7.20. The van der Waals surface area contributed by atoms with Gasteiger partial charge in [-0.1, -0.05) is 12.1 Å². The van der Waals surface area contributed by atoms with E-state index in [1.54, 1.807) is 12.1 Å². The van der Waals surface area contributed by atoms with E-state index in [4.69, 9.17) is 10.8 Å². The van der Waals surface area contributed by atoms with Crippen LogP contribution in [-0.2, 0) is 4.79 Å². The van der Waals surface area contributed by atoms with Crippen molar-refractivity contribution in [2.24, 2.45) is 0 Å². The van der Waals surface area contributed by atoms with Crippen LogP contribution in [-0.4, -0.2) is 24.2 Å². The van der Waals surface area contributed by atoms with E-state index >= 15 is 0 Å². The summed E-state index contributed by atoms with van der Waals surface area (Å²) < 4.78 is 0. The molecule has 0 aromatic heterocycles. The van der Waals surface area contributed by atoms with E-state index in [1.807, 2.05) is 19.1 Å². The average molecular weight is 222 g/mol. The molecule has 0 heterocycles. The first-order valence-corrected chi connectivity index (χ1v) is 5.39. The summed E-state index contributed by atoms with van der Waals surface area (Å²) >= 11 is 0.